The van der Waals surface area contributed by atoms with Crippen molar-refractivity contribution in [1.29, 1.82) is 0 Å². The van der Waals surface area contributed by atoms with Gasteiger partial charge in [0, 0.05) is 5.39 Å². The highest BCUT2D eigenvalue weighted by Crippen LogP contribution is 2.31. The van der Waals surface area contributed by atoms with Gasteiger partial charge in [-0.2, -0.15) is 0 Å². The van der Waals surface area contributed by atoms with Gasteiger partial charge in [-0.3, -0.25) is 9.78 Å². The van der Waals surface area contributed by atoms with E-state index < -0.39 is 4.83 Å². The number of para-hydroxylation sites is 1. The average Bonchev–Trinajstić information content (AvgIpc) is 2.44. The number of methoxy groups -OCH3 is 1. The van der Waals surface area contributed by atoms with Gasteiger partial charge in [0.1, 0.15) is 4.83 Å². The summed E-state index contributed by atoms with van der Waals surface area (Å²) in [6, 6.07) is 11.7. The number of pyridine rings is 1. The summed E-state index contributed by atoms with van der Waals surface area (Å²) in [5.41, 5.74) is 1.70. The number of hydrogen-bond acceptors (Lipinski definition) is 3. The van der Waals surface area contributed by atoms with Gasteiger partial charge in [-0.05, 0) is 12.1 Å². The van der Waals surface area contributed by atoms with E-state index in [0.29, 0.717) is 0 Å². The molecule has 0 aliphatic rings. The van der Waals surface area contributed by atoms with Crippen molar-refractivity contribution in [3.8, 4) is 0 Å². The molecular formula is C13H11Br2NO2. The zero-order chi connectivity index (χ0) is 13.1. The smallest absolute Gasteiger partial charge is 0.321 e. The standard InChI is InChI=1S/C13H11Br2NO2/c1-18-13(17)12(15)11(14)10-7-6-8-4-2-3-5-9(8)16-10/h2-7,11-12H,1H3. The summed E-state index contributed by atoms with van der Waals surface area (Å²) in [5, 5.41) is 1.07. The van der Waals surface area contributed by atoms with Gasteiger partial charge < -0.3 is 4.74 Å². The number of carbonyl (C=O) groups excluding carboxylic acids is 1. The van der Waals surface area contributed by atoms with Crippen molar-refractivity contribution in [2.75, 3.05) is 7.11 Å². The lowest BCUT2D eigenvalue weighted by atomic mass is 10.1. The van der Waals surface area contributed by atoms with Crippen molar-refractivity contribution in [1.82, 2.24) is 4.98 Å². The molecule has 0 aliphatic heterocycles. The van der Waals surface area contributed by atoms with Crippen LogP contribution in [0.25, 0.3) is 10.9 Å². The van der Waals surface area contributed by atoms with E-state index >= 15 is 0 Å². The van der Waals surface area contributed by atoms with Crippen molar-refractivity contribution >= 4 is 48.7 Å². The summed E-state index contributed by atoms with van der Waals surface area (Å²) in [6.07, 6.45) is 0. The minimum Gasteiger partial charge on any atom is -0.468 e. The predicted molar refractivity (Wildman–Crippen MR) is 78.1 cm³/mol. The van der Waals surface area contributed by atoms with Crippen molar-refractivity contribution in [3.05, 3.63) is 42.1 Å². The molecule has 0 fully saturated rings. The lowest BCUT2D eigenvalue weighted by Gasteiger charge is -2.14. The summed E-state index contributed by atoms with van der Waals surface area (Å²) in [5.74, 6) is -0.327. The Morgan fingerprint density at radius 2 is 1.94 bits per heavy atom. The van der Waals surface area contributed by atoms with Gasteiger partial charge in [-0.15, -0.1) is 0 Å². The first-order valence-corrected chi connectivity index (χ1v) is 7.18. The molecule has 0 N–H and O–H groups in total. The normalized spacial score (nSPS) is 14.2. The molecule has 0 spiro atoms. The van der Waals surface area contributed by atoms with Crippen LogP contribution in [0.1, 0.15) is 10.5 Å². The number of benzene rings is 1. The van der Waals surface area contributed by atoms with Crippen LogP contribution in [0.15, 0.2) is 36.4 Å². The van der Waals surface area contributed by atoms with Gasteiger partial charge in [0.15, 0.2) is 0 Å². The van der Waals surface area contributed by atoms with Crippen molar-refractivity contribution < 1.29 is 9.53 Å². The van der Waals surface area contributed by atoms with Crippen LogP contribution in [0.2, 0.25) is 0 Å². The predicted octanol–water partition coefficient (Wildman–Crippen LogP) is 3.61. The molecule has 1 aromatic heterocycles. The largest absolute Gasteiger partial charge is 0.468 e. The number of ether oxygens (including phenoxy) is 1. The van der Waals surface area contributed by atoms with Gasteiger partial charge >= 0.3 is 5.97 Å². The fourth-order valence-corrected chi connectivity index (χ4v) is 2.55. The number of nitrogens with zero attached hydrogens (tertiary/aromatic N) is 1. The third-order valence-corrected chi connectivity index (χ3v) is 5.20. The summed E-state index contributed by atoms with van der Waals surface area (Å²) in [7, 11) is 1.37. The lowest BCUT2D eigenvalue weighted by Crippen LogP contribution is -2.20. The second kappa shape index (κ2) is 5.80. The number of hydrogen-bond donors (Lipinski definition) is 0. The van der Waals surface area contributed by atoms with Crippen LogP contribution < -0.4 is 0 Å². The highest BCUT2D eigenvalue weighted by atomic mass is 79.9. The Bertz CT molecular complexity index is 574. The van der Waals surface area contributed by atoms with E-state index in [4.69, 9.17) is 4.74 Å². The number of aromatic nitrogens is 1. The quantitative estimate of drug-likeness (QED) is 0.610. The molecule has 3 nitrogen and oxygen atoms in total. The van der Waals surface area contributed by atoms with E-state index in [1.807, 2.05) is 36.4 Å². The van der Waals surface area contributed by atoms with E-state index in [2.05, 4.69) is 36.8 Å². The molecule has 2 atom stereocenters. The summed E-state index contributed by atoms with van der Waals surface area (Å²) in [4.78, 5) is 15.3. The molecule has 18 heavy (non-hydrogen) atoms. The molecular weight excluding hydrogens is 362 g/mol. The fraction of sp³-hybridized carbons (Fsp3) is 0.231. The zero-order valence-electron chi connectivity index (χ0n) is 9.64. The number of alkyl halides is 2. The third-order valence-electron chi connectivity index (χ3n) is 2.59. The number of fused-ring (bicyclic) bond motifs is 1. The minimum absolute atomic E-state index is 0.227. The molecule has 0 radical (unpaired) electrons. The van der Waals surface area contributed by atoms with E-state index in [9.17, 15) is 4.79 Å². The Labute approximate surface area is 122 Å². The highest BCUT2D eigenvalue weighted by molar-refractivity contribution is 9.12. The van der Waals surface area contributed by atoms with Crippen molar-refractivity contribution in [3.63, 3.8) is 0 Å². The molecule has 94 valence electrons. The molecule has 0 saturated carbocycles. The first-order chi connectivity index (χ1) is 8.63. The van der Waals surface area contributed by atoms with Gasteiger partial charge in [0.2, 0.25) is 0 Å². The maximum Gasteiger partial charge on any atom is 0.321 e. The van der Waals surface area contributed by atoms with Crippen LogP contribution in [-0.4, -0.2) is 22.9 Å². The number of halogens is 2. The van der Waals surface area contributed by atoms with Crippen LogP contribution >= 0.6 is 31.9 Å². The monoisotopic (exact) mass is 371 g/mol. The van der Waals surface area contributed by atoms with Crippen LogP contribution in [0.4, 0.5) is 0 Å². The molecule has 2 rings (SSSR count). The molecule has 0 amide bonds. The third kappa shape index (κ3) is 2.72. The molecule has 1 heterocycles. The van der Waals surface area contributed by atoms with Crippen LogP contribution in [-0.2, 0) is 9.53 Å². The first-order valence-electron chi connectivity index (χ1n) is 5.35. The molecule has 0 aliphatic carbocycles. The van der Waals surface area contributed by atoms with E-state index in [1.54, 1.807) is 0 Å². The molecule has 2 aromatic rings. The lowest BCUT2D eigenvalue weighted by molar-refractivity contribution is -0.139. The topological polar surface area (TPSA) is 39.2 Å². The maximum atomic E-state index is 11.5. The van der Waals surface area contributed by atoms with Crippen LogP contribution in [0.5, 0.6) is 0 Å². The van der Waals surface area contributed by atoms with Gasteiger partial charge in [-0.25, -0.2) is 0 Å². The van der Waals surface area contributed by atoms with Gasteiger partial charge in [-0.1, -0.05) is 56.1 Å². The van der Waals surface area contributed by atoms with Crippen LogP contribution in [0, 0.1) is 0 Å². The molecule has 2 unspecified atom stereocenters. The second-order valence-electron chi connectivity index (χ2n) is 3.76. The first kappa shape index (κ1) is 13.5. The van der Waals surface area contributed by atoms with Crippen LogP contribution in [0.3, 0.4) is 0 Å². The molecule has 0 saturated heterocycles. The number of rotatable bonds is 3. The SMILES string of the molecule is COC(=O)C(Br)C(Br)c1ccc2ccccc2n1. The fourth-order valence-electron chi connectivity index (χ4n) is 1.62. The Kier molecular flexibility index (Phi) is 4.35. The Hall–Kier alpha value is -0.940. The molecule has 0 bridgehead atoms. The second-order valence-corrected chi connectivity index (χ2v) is 5.73. The Morgan fingerprint density at radius 1 is 1.22 bits per heavy atom. The molecule has 1 aromatic carbocycles. The number of carbonyl (C=O) groups is 1. The average molecular weight is 373 g/mol. The van der Waals surface area contributed by atoms with Gasteiger partial charge in [0.05, 0.1) is 23.1 Å². The van der Waals surface area contributed by atoms with Gasteiger partial charge in [0.25, 0.3) is 0 Å². The molecule has 5 heteroatoms. The van der Waals surface area contributed by atoms with Crippen molar-refractivity contribution in [2.45, 2.75) is 9.65 Å². The summed E-state index contributed by atoms with van der Waals surface area (Å²) < 4.78 is 4.70. The highest BCUT2D eigenvalue weighted by Gasteiger charge is 2.26. The van der Waals surface area contributed by atoms with Crippen molar-refractivity contribution in [2.24, 2.45) is 0 Å². The van der Waals surface area contributed by atoms with E-state index in [1.165, 1.54) is 7.11 Å². The Morgan fingerprint density at radius 3 is 2.67 bits per heavy atom. The zero-order valence-corrected chi connectivity index (χ0v) is 12.8. The maximum absolute atomic E-state index is 11.5. The minimum atomic E-state index is -0.462. The van der Waals surface area contributed by atoms with E-state index in [0.717, 1.165) is 16.6 Å². The number of esters is 1. The summed E-state index contributed by atoms with van der Waals surface area (Å²) in [6.45, 7) is 0. The Balaban J connectivity index is 2.33. The summed E-state index contributed by atoms with van der Waals surface area (Å²) >= 11 is 6.78. The van der Waals surface area contributed by atoms with E-state index in [-0.39, 0.29) is 10.8 Å².